The van der Waals surface area contributed by atoms with Gasteiger partial charge >= 0.3 is 0 Å². The molecule has 0 heterocycles. The van der Waals surface area contributed by atoms with E-state index in [2.05, 4.69) is 17.0 Å². The Kier molecular flexibility index (Phi) is 8.34. The van der Waals surface area contributed by atoms with Crippen molar-refractivity contribution in [3.8, 4) is 5.75 Å². The third-order valence-corrected chi connectivity index (χ3v) is 6.09. The zero-order valence-corrected chi connectivity index (χ0v) is 17.2. The molecule has 1 aliphatic carbocycles. The van der Waals surface area contributed by atoms with E-state index in [4.69, 9.17) is 21.1 Å². The van der Waals surface area contributed by atoms with E-state index in [0.717, 1.165) is 25.7 Å². The second-order valence-corrected chi connectivity index (χ2v) is 9.00. The van der Waals surface area contributed by atoms with Gasteiger partial charge in [-0.3, -0.25) is 4.79 Å². The Hall–Kier alpha value is -1.35. The van der Waals surface area contributed by atoms with Crippen molar-refractivity contribution in [2.24, 2.45) is 5.92 Å². The lowest BCUT2D eigenvalue weighted by Gasteiger charge is -2.26. The molecule has 2 rings (SSSR count). The number of hydrogen-bond donors (Lipinski definition) is 2. The number of nitrogens with one attached hydrogen (secondary N) is 2. The Bertz CT molecular complexity index is 733. The molecule has 0 atom stereocenters. The van der Waals surface area contributed by atoms with Gasteiger partial charge in [-0.15, -0.1) is 0 Å². The Morgan fingerprint density at radius 1 is 1.22 bits per heavy atom. The number of carbonyl (C=O) groups excluding carboxylic acids is 1. The highest BCUT2D eigenvalue weighted by atomic mass is 35.5. The zero-order valence-electron chi connectivity index (χ0n) is 15.7. The molecule has 1 aromatic carbocycles. The number of sulfonamides is 1. The fourth-order valence-corrected chi connectivity index (χ4v) is 4.49. The topological polar surface area (TPSA) is 93.7 Å². The van der Waals surface area contributed by atoms with Gasteiger partial charge in [0.2, 0.25) is 15.9 Å². The molecule has 9 heteroatoms. The van der Waals surface area contributed by atoms with E-state index in [9.17, 15) is 13.2 Å². The van der Waals surface area contributed by atoms with Crippen LogP contribution in [0.1, 0.15) is 32.6 Å². The number of rotatable bonds is 9. The smallest absolute Gasteiger partial charge is 0.241 e. The van der Waals surface area contributed by atoms with Gasteiger partial charge in [0.15, 0.2) is 5.75 Å². The molecule has 27 heavy (non-hydrogen) atoms. The van der Waals surface area contributed by atoms with Crippen molar-refractivity contribution in [2.75, 3.05) is 31.4 Å². The summed E-state index contributed by atoms with van der Waals surface area (Å²) in [5, 5.41) is 2.89. The van der Waals surface area contributed by atoms with Crippen LogP contribution in [0.3, 0.4) is 0 Å². The maximum atomic E-state index is 12.3. The first-order valence-electron chi connectivity index (χ1n) is 9.01. The van der Waals surface area contributed by atoms with Crippen molar-refractivity contribution >= 4 is 33.2 Å². The summed E-state index contributed by atoms with van der Waals surface area (Å²) in [4.78, 5) is 12.3. The minimum Gasteiger partial charge on any atom is -0.487 e. The Labute approximate surface area is 165 Å². The molecule has 1 aromatic rings. The van der Waals surface area contributed by atoms with Crippen LogP contribution >= 0.6 is 11.6 Å². The molecule has 1 fully saturated rings. The molecule has 0 aromatic heterocycles. The van der Waals surface area contributed by atoms with Crippen LogP contribution in [0, 0.1) is 5.92 Å². The van der Waals surface area contributed by atoms with E-state index in [0.29, 0.717) is 23.2 Å². The molecule has 0 unspecified atom stereocenters. The average molecular weight is 419 g/mol. The first kappa shape index (κ1) is 21.9. The summed E-state index contributed by atoms with van der Waals surface area (Å²) in [7, 11) is -2.17. The summed E-state index contributed by atoms with van der Waals surface area (Å²) in [5.41, 5.74) is 0.324. The molecular weight excluding hydrogens is 392 g/mol. The quantitative estimate of drug-likeness (QED) is 0.601. The molecular formula is C18H27ClN2O5S. The van der Waals surface area contributed by atoms with Crippen molar-refractivity contribution in [2.45, 2.75) is 38.6 Å². The van der Waals surface area contributed by atoms with Crippen LogP contribution in [-0.2, 0) is 19.6 Å². The Balaban J connectivity index is 1.95. The van der Waals surface area contributed by atoms with Crippen LogP contribution in [0.4, 0.5) is 5.69 Å². The van der Waals surface area contributed by atoms with Gasteiger partial charge in [-0.2, -0.15) is 0 Å². The average Bonchev–Trinajstić information content (AvgIpc) is 2.58. The van der Waals surface area contributed by atoms with Crippen molar-refractivity contribution in [3.05, 3.63) is 23.2 Å². The summed E-state index contributed by atoms with van der Waals surface area (Å²) in [6.07, 6.45) is 3.58. The van der Waals surface area contributed by atoms with Gasteiger partial charge in [-0.1, -0.05) is 24.6 Å². The molecule has 1 saturated carbocycles. The highest BCUT2D eigenvalue weighted by Crippen LogP contribution is 2.33. The lowest BCUT2D eigenvalue weighted by atomic mass is 9.88. The first-order valence-corrected chi connectivity index (χ1v) is 11.0. The van der Waals surface area contributed by atoms with Crippen molar-refractivity contribution in [3.63, 3.8) is 0 Å². The van der Waals surface area contributed by atoms with Gasteiger partial charge in [-0.05, 0) is 43.7 Å². The van der Waals surface area contributed by atoms with Gasteiger partial charge in [0.1, 0.15) is 12.4 Å². The fraction of sp³-hybridized carbons (Fsp3) is 0.611. The summed E-state index contributed by atoms with van der Waals surface area (Å²) in [6.45, 7) is 2.77. The lowest BCUT2D eigenvalue weighted by Crippen LogP contribution is -2.41. The number of para-hydroxylation sites is 1. The third kappa shape index (κ3) is 7.29. The number of ether oxygens (including phenoxy) is 2. The molecule has 0 bridgehead atoms. The highest BCUT2D eigenvalue weighted by molar-refractivity contribution is 7.90. The predicted octanol–water partition coefficient (Wildman–Crippen LogP) is 2.80. The van der Waals surface area contributed by atoms with Crippen LogP contribution in [0.2, 0.25) is 5.02 Å². The molecule has 2 N–H and O–H groups in total. The third-order valence-electron chi connectivity index (χ3n) is 4.46. The molecule has 0 aliphatic heterocycles. The first-order chi connectivity index (χ1) is 12.8. The largest absolute Gasteiger partial charge is 0.487 e. The molecule has 0 radical (unpaired) electrons. The van der Waals surface area contributed by atoms with E-state index >= 15 is 0 Å². The number of carbonyl (C=O) groups is 1. The summed E-state index contributed by atoms with van der Waals surface area (Å²) in [6, 6.07) is 4.78. The number of benzene rings is 1. The minimum atomic E-state index is -3.72. The predicted molar refractivity (Wildman–Crippen MR) is 106 cm³/mol. The van der Waals surface area contributed by atoms with Gasteiger partial charge in [0, 0.05) is 13.2 Å². The summed E-state index contributed by atoms with van der Waals surface area (Å²) in [5.74, 6) is -0.390. The summed E-state index contributed by atoms with van der Waals surface area (Å²) >= 11 is 6.12. The number of hydrogen-bond acceptors (Lipinski definition) is 5. The number of anilines is 1. The number of methoxy groups -OCH3 is 1. The summed E-state index contributed by atoms with van der Waals surface area (Å²) < 4.78 is 37.7. The lowest BCUT2D eigenvalue weighted by molar-refractivity contribution is -0.113. The van der Waals surface area contributed by atoms with Crippen LogP contribution < -0.4 is 14.8 Å². The molecule has 152 valence electrons. The molecule has 7 nitrogen and oxygen atoms in total. The second kappa shape index (κ2) is 10.3. The van der Waals surface area contributed by atoms with E-state index < -0.39 is 21.7 Å². The van der Waals surface area contributed by atoms with Crippen LogP contribution in [0.5, 0.6) is 5.75 Å². The Morgan fingerprint density at radius 2 is 1.93 bits per heavy atom. The molecule has 1 aliphatic rings. The van der Waals surface area contributed by atoms with Crippen molar-refractivity contribution in [1.82, 2.24) is 4.72 Å². The monoisotopic (exact) mass is 418 g/mol. The number of amides is 1. The van der Waals surface area contributed by atoms with Gasteiger partial charge in [0.05, 0.1) is 17.3 Å². The van der Waals surface area contributed by atoms with Gasteiger partial charge < -0.3 is 14.8 Å². The van der Waals surface area contributed by atoms with Crippen molar-refractivity contribution in [1.29, 1.82) is 0 Å². The fourth-order valence-electron chi connectivity index (χ4n) is 3.01. The maximum absolute atomic E-state index is 12.3. The molecule has 1 amide bonds. The number of halogens is 1. The molecule has 0 saturated heterocycles. The van der Waals surface area contributed by atoms with Gasteiger partial charge in [0.25, 0.3) is 0 Å². The van der Waals surface area contributed by atoms with Crippen molar-refractivity contribution < 1.29 is 22.7 Å². The maximum Gasteiger partial charge on any atom is 0.241 e. The minimum absolute atomic E-state index is 0.0990. The highest BCUT2D eigenvalue weighted by Gasteiger charge is 2.25. The standard InChI is InChI=1S/C18H27ClN2O5S/c1-13-6-8-14(9-7-13)21-27(23,24)12-17(22)20-16-5-3-4-15(19)18(16)26-11-10-25-2/h3-5,13-14,21H,6-12H2,1-2H3,(H,20,22). The normalized spacial score (nSPS) is 20.3. The van der Waals surface area contributed by atoms with E-state index in [-0.39, 0.29) is 18.4 Å². The van der Waals surface area contributed by atoms with E-state index in [1.165, 1.54) is 0 Å². The van der Waals surface area contributed by atoms with E-state index in [1.807, 2.05) is 0 Å². The van der Waals surface area contributed by atoms with Crippen LogP contribution in [0.15, 0.2) is 18.2 Å². The van der Waals surface area contributed by atoms with E-state index in [1.54, 1.807) is 25.3 Å². The van der Waals surface area contributed by atoms with Crippen LogP contribution in [0.25, 0.3) is 0 Å². The van der Waals surface area contributed by atoms with Crippen LogP contribution in [-0.4, -0.2) is 46.4 Å². The SMILES string of the molecule is COCCOc1c(Cl)cccc1NC(=O)CS(=O)(=O)NC1CCC(C)CC1. The Morgan fingerprint density at radius 3 is 2.59 bits per heavy atom. The second-order valence-electron chi connectivity index (χ2n) is 6.84. The van der Waals surface area contributed by atoms with Gasteiger partial charge in [-0.25, -0.2) is 13.1 Å². The zero-order chi connectivity index (χ0) is 19.9. The molecule has 0 spiro atoms.